The number of aliphatic carboxylic acids is 1. The van der Waals surface area contributed by atoms with Crippen LogP contribution in [-0.2, 0) is 24.4 Å². The van der Waals surface area contributed by atoms with Crippen molar-refractivity contribution in [2.24, 2.45) is 0 Å². The van der Waals surface area contributed by atoms with Gasteiger partial charge in [0.1, 0.15) is 31.3 Å². The minimum absolute atomic E-state index is 0.0957. The Morgan fingerprint density at radius 1 is 1.00 bits per heavy atom. The summed E-state index contributed by atoms with van der Waals surface area (Å²) in [7, 11) is 2.12. The van der Waals surface area contributed by atoms with E-state index in [1.165, 1.54) is 12.3 Å². The van der Waals surface area contributed by atoms with Crippen LogP contribution < -0.4 is 14.2 Å². The van der Waals surface area contributed by atoms with E-state index in [1.54, 1.807) is 30.5 Å². The maximum atomic E-state index is 13.2. The van der Waals surface area contributed by atoms with E-state index in [2.05, 4.69) is 37.4 Å². The molecule has 0 aliphatic carbocycles. The smallest absolute Gasteiger partial charge is 0.408 e. The highest BCUT2D eigenvalue weighted by Gasteiger charge is 2.31. The van der Waals surface area contributed by atoms with Gasteiger partial charge in [-0.2, -0.15) is 22.6 Å². The lowest BCUT2D eigenvalue weighted by molar-refractivity contribution is -0.145. The maximum absolute atomic E-state index is 13.2. The number of likely N-dealkylation sites (N-methyl/N-ethyl adjacent to an activating group) is 1. The summed E-state index contributed by atoms with van der Waals surface area (Å²) in [5, 5.41) is 16.4. The monoisotopic (exact) mass is 873 g/mol. The lowest BCUT2D eigenvalue weighted by atomic mass is 9.92. The Hall–Kier alpha value is -5.68. The number of alkyl halides is 3. The van der Waals surface area contributed by atoms with Crippen LogP contribution >= 0.6 is 23.1 Å². The number of fused-ring (bicyclic) bond motifs is 2. The van der Waals surface area contributed by atoms with Gasteiger partial charge in [0.05, 0.1) is 32.0 Å². The van der Waals surface area contributed by atoms with Gasteiger partial charge in [0, 0.05) is 73.7 Å². The SMILES string of the molecule is Cc1cc2cccc(-c3ncc4snc(OC(Cc5ccccc5OCc5ccnn5CC(F)(F)F)C(=O)O)c4c3-c3ccc(OCCN4CCN(C)CC4)c(Cl)c3C)c2[nH]1. The molecular weight excluding hydrogens is 831 g/mol. The van der Waals surface area contributed by atoms with Crippen LogP contribution in [0, 0.1) is 13.8 Å². The van der Waals surface area contributed by atoms with E-state index < -0.39 is 24.8 Å². The van der Waals surface area contributed by atoms with Crippen LogP contribution in [0.3, 0.4) is 0 Å². The largest absolute Gasteiger partial charge is 0.491 e. The van der Waals surface area contributed by atoms with Gasteiger partial charge in [-0.25, -0.2) is 4.79 Å². The Morgan fingerprint density at radius 2 is 1.80 bits per heavy atom. The first-order valence-corrected chi connectivity index (χ1v) is 20.9. The number of aromatic nitrogens is 5. The molecule has 0 spiro atoms. The van der Waals surface area contributed by atoms with Gasteiger partial charge in [0.2, 0.25) is 12.0 Å². The van der Waals surface area contributed by atoms with E-state index in [0.717, 1.165) is 82.2 Å². The molecule has 8 rings (SSSR count). The zero-order valence-electron chi connectivity index (χ0n) is 33.6. The molecule has 0 amide bonds. The van der Waals surface area contributed by atoms with Crippen molar-refractivity contribution in [2.45, 2.75) is 45.7 Å². The van der Waals surface area contributed by atoms with E-state index in [0.29, 0.717) is 44.3 Å². The van der Waals surface area contributed by atoms with Gasteiger partial charge in [-0.3, -0.25) is 14.6 Å². The van der Waals surface area contributed by atoms with Crippen LogP contribution in [0.15, 0.2) is 79.1 Å². The number of carbonyl (C=O) groups is 1. The average molecular weight is 874 g/mol. The molecule has 1 fully saturated rings. The van der Waals surface area contributed by atoms with Crippen LogP contribution in [0.1, 0.15) is 22.5 Å². The molecule has 2 N–H and O–H groups in total. The van der Waals surface area contributed by atoms with Crippen molar-refractivity contribution in [1.29, 1.82) is 0 Å². The number of rotatable bonds is 15. The van der Waals surface area contributed by atoms with Gasteiger partial charge in [-0.05, 0) is 73.4 Å². The second-order valence-electron chi connectivity index (χ2n) is 15.1. The van der Waals surface area contributed by atoms with E-state index in [4.69, 9.17) is 30.8 Å². The second kappa shape index (κ2) is 17.7. The van der Waals surface area contributed by atoms with E-state index in [9.17, 15) is 23.1 Å². The topological polar surface area (TPSA) is 131 Å². The molecule has 1 aliphatic rings. The number of ether oxygens (including phenoxy) is 3. The summed E-state index contributed by atoms with van der Waals surface area (Å²) in [6.07, 6.45) is -3.08. The third kappa shape index (κ3) is 9.32. The molecule has 17 heteroatoms. The molecule has 3 aromatic carbocycles. The summed E-state index contributed by atoms with van der Waals surface area (Å²) in [5.74, 6) is -0.312. The van der Waals surface area contributed by atoms with Crippen LogP contribution in [0.4, 0.5) is 13.2 Å². The standard InChI is InChI=1S/C44H43ClF3N7O5S/c1-26-21-29-8-6-9-32(40(29)51-26)41-37(31-11-12-34(39(45)27(31)2)58-20-19-54-17-15-53(3)16-18-54)38-36(23-49-41)61-52-42(38)60-35(43(56)57)22-28-7-4-5-10-33(28)59-24-30-13-14-50-55(30)25-44(46,47)48/h4-14,21,23,35,51H,15-20,22,24-25H2,1-3H3,(H,56,57). The number of benzene rings is 3. The molecule has 0 bridgehead atoms. The van der Waals surface area contributed by atoms with Crippen LogP contribution in [0.25, 0.3) is 43.4 Å². The molecule has 0 saturated carbocycles. The first kappa shape index (κ1) is 42.0. The van der Waals surface area contributed by atoms with E-state index >= 15 is 0 Å². The van der Waals surface area contributed by atoms with Crippen LogP contribution in [-0.4, -0.2) is 104 Å². The Labute approximate surface area is 358 Å². The van der Waals surface area contributed by atoms with Crippen LogP contribution in [0.5, 0.6) is 17.4 Å². The zero-order chi connectivity index (χ0) is 42.8. The molecule has 1 atom stereocenters. The van der Waals surface area contributed by atoms with E-state index in [-0.39, 0.29) is 30.4 Å². The third-order valence-electron chi connectivity index (χ3n) is 10.8. The maximum Gasteiger partial charge on any atom is 0.408 e. The number of halogens is 4. The Balaban J connectivity index is 1.14. The van der Waals surface area contributed by atoms with Crippen molar-refractivity contribution in [1.82, 2.24) is 33.9 Å². The fourth-order valence-electron chi connectivity index (χ4n) is 7.62. The number of hydrogen-bond donors (Lipinski definition) is 2. The second-order valence-corrected chi connectivity index (χ2v) is 16.3. The minimum Gasteiger partial charge on any atom is -0.491 e. The van der Waals surface area contributed by atoms with Crippen molar-refractivity contribution in [3.63, 3.8) is 0 Å². The van der Waals surface area contributed by atoms with Gasteiger partial charge >= 0.3 is 12.1 Å². The summed E-state index contributed by atoms with van der Waals surface area (Å²) in [4.78, 5) is 26.1. The number of aryl methyl sites for hydroxylation is 1. The Kier molecular flexibility index (Phi) is 12.2. The highest BCUT2D eigenvalue weighted by molar-refractivity contribution is 7.13. The fourth-order valence-corrected chi connectivity index (χ4v) is 8.54. The fraction of sp³-hybridized carbons (Fsp3) is 0.318. The summed E-state index contributed by atoms with van der Waals surface area (Å²) in [6.45, 7) is 7.62. The average Bonchev–Trinajstić information content (AvgIpc) is 3.96. The highest BCUT2D eigenvalue weighted by Crippen LogP contribution is 2.47. The zero-order valence-corrected chi connectivity index (χ0v) is 35.2. The van der Waals surface area contributed by atoms with Gasteiger partial charge in [-0.1, -0.05) is 54.1 Å². The molecule has 7 aromatic rings. The quantitative estimate of drug-likeness (QED) is 0.103. The molecule has 318 valence electrons. The summed E-state index contributed by atoms with van der Waals surface area (Å²) in [5.41, 5.74) is 6.10. The summed E-state index contributed by atoms with van der Waals surface area (Å²) >= 11 is 8.25. The van der Waals surface area contributed by atoms with Gasteiger partial charge in [0.25, 0.3) is 0 Å². The van der Waals surface area contributed by atoms with E-state index in [1.807, 2.05) is 44.2 Å². The molecule has 1 unspecified atom stereocenters. The van der Waals surface area contributed by atoms with Crippen molar-refractivity contribution in [3.8, 4) is 39.8 Å². The van der Waals surface area contributed by atoms with Crippen molar-refractivity contribution >= 4 is 50.1 Å². The van der Waals surface area contributed by atoms with Gasteiger partial charge < -0.3 is 29.2 Å². The predicted molar refractivity (Wildman–Crippen MR) is 229 cm³/mol. The number of pyridine rings is 1. The van der Waals surface area contributed by atoms with Crippen molar-refractivity contribution < 1.29 is 37.3 Å². The molecule has 12 nitrogen and oxygen atoms in total. The number of nitrogens with one attached hydrogen (secondary N) is 1. The number of hydrogen-bond acceptors (Lipinski definition) is 10. The molecule has 1 aliphatic heterocycles. The van der Waals surface area contributed by atoms with Crippen LogP contribution in [0.2, 0.25) is 5.02 Å². The van der Waals surface area contributed by atoms with Gasteiger partial charge in [0.15, 0.2) is 0 Å². The minimum atomic E-state index is -4.47. The van der Waals surface area contributed by atoms with Crippen molar-refractivity contribution in [3.05, 3.63) is 107 Å². The number of piperazine rings is 1. The predicted octanol–water partition coefficient (Wildman–Crippen LogP) is 8.82. The normalized spacial score (nSPS) is 14.5. The Morgan fingerprint density at radius 3 is 2.59 bits per heavy atom. The first-order valence-electron chi connectivity index (χ1n) is 19.7. The number of para-hydroxylation sites is 2. The summed E-state index contributed by atoms with van der Waals surface area (Å²) < 4.78 is 64.2. The van der Waals surface area contributed by atoms with Gasteiger partial charge in [-0.15, -0.1) is 0 Å². The third-order valence-corrected chi connectivity index (χ3v) is 12.1. The molecule has 4 aromatic heterocycles. The lowest BCUT2D eigenvalue weighted by Crippen LogP contribution is -2.45. The highest BCUT2D eigenvalue weighted by atomic mass is 35.5. The number of nitrogens with zero attached hydrogens (tertiary/aromatic N) is 6. The molecule has 5 heterocycles. The molecule has 61 heavy (non-hydrogen) atoms. The first-order chi connectivity index (χ1) is 29.3. The number of carboxylic acids is 1. The molecule has 1 saturated heterocycles. The lowest BCUT2D eigenvalue weighted by Gasteiger charge is -2.32. The number of H-pyrrole nitrogens is 1. The number of carboxylic acid groups (broad SMARTS) is 1. The van der Waals surface area contributed by atoms with Crippen molar-refractivity contribution in [2.75, 3.05) is 46.4 Å². The molecule has 0 radical (unpaired) electrons. The molecular formula is C44H43ClF3N7O5S. The Bertz CT molecular complexity index is 2690. The number of aromatic amines is 1. The summed E-state index contributed by atoms with van der Waals surface area (Å²) in [6, 6.07) is 20.0.